The van der Waals surface area contributed by atoms with Gasteiger partial charge in [-0.15, -0.1) is 0 Å². The Kier molecular flexibility index (Phi) is 3.16. The van der Waals surface area contributed by atoms with E-state index in [1.165, 1.54) is 0 Å². The normalized spacial score (nSPS) is 23.4. The van der Waals surface area contributed by atoms with Crippen molar-refractivity contribution in [2.75, 3.05) is 18.1 Å². The van der Waals surface area contributed by atoms with Crippen LogP contribution in [0.3, 0.4) is 0 Å². The van der Waals surface area contributed by atoms with Crippen LogP contribution in [0.4, 0.5) is 5.82 Å². The van der Waals surface area contributed by atoms with Crippen molar-refractivity contribution in [3.8, 4) is 0 Å². The van der Waals surface area contributed by atoms with Crippen molar-refractivity contribution in [1.82, 2.24) is 9.38 Å². The van der Waals surface area contributed by atoms with Crippen LogP contribution in [0.15, 0.2) is 24.4 Å². The summed E-state index contributed by atoms with van der Waals surface area (Å²) in [6, 6.07) is 6.09. The molecule has 0 spiro atoms. The summed E-state index contributed by atoms with van der Waals surface area (Å²) in [4.78, 5) is 6.90. The Labute approximate surface area is 112 Å². The fraction of sp³-hybridized carbons (Fsp3) is 0.500. The first kappa shape index (κ1) is 12.4. The Balaban J connectivity index is 2.09. The van der Waals surface area contributed by atoms with E-state index in [0.29, 0.717) is 12.5 Å². The zero-order chi connectivity index (χ0) is 13.4. The molecule has 3 heterocycles. The van der Waals surface area contributed by atoms with Crippen LogP contribution in [0, 0.1) is 5.92 Å². The van der Waals surface area contributed by atoms with E-state index < -0.39 is 0 Å². The lowest BCUT2D eigenvalue weighted by molar-refractivity contribution is 0.244. The van der Waals surface area contributed by atoms with Crippen LogP contribution in [0.5, 0.6) is 0 Å². The molecule has 19 heavy (non-hydrogen) atoms. The van der Waals surface area contributed by atoms with E-state index in [0.717, 1.165) is 30.1 Å². The summed E-state index contributed by atoms with van der Waals surface area (Å²) < 4.78 is 2.03. The Morgan fingerprint density at radius 2 is 2.32 bits per heavy atom. The highest BCUT2D eigenvalue weighted by Crippen LogP contribution is 2.31. The molecule has 2 aromatic rings. The van der Waals surface area contributed by atoms with Crippen molar-refractivity contribution in [2.24, 2.45) is 11.7 Å². The lowest BCUT2D eigenvalue weighted by atomic mass is 10.0. The van der Waals surface area contributed by atoms with E-state index in [-0.39, 0.29) is 12.6 Å². The number of fused-ring (bicyclic) bond motifs is 1. The fourth-order valence-electron chi connectivity index (χ4n) is 3.00. The molecular weight excluding hydrogens is 240 g/mol. The highest BCUT2D eigenvalue weighted by molar-refractivity contribution is 5.57. The number of imidazole rings is 1. The summed E-state index contributed by atoms with van der Waals surface area (Å²) >= 11 is 0. The molecule has 102 valence electrons. The number of pyridine rings is 1. The van der Waals surface area contributed by atoms with Gasteiger partial charge in [0.05, 0.1) is 18.3 Å². The Bertz CT molecular complexity index is 580. The van der Waals surface area contributed by atoms with Gasteiger partial charge < -0.3 is 20.1 Å². The third-order valence-electron chi connectivity index (χ3n) is 4.14. The van der Waals surface area contributed by atoms with Gasteiger partial charge in [0.25, 0.3) is 0 Å². The number of hydrogen-bond acceptors (Lipinski definition) is 4. The summed E-state index contributed by atoms with van der Waals surface area (Å²) in [5.41, 5.74) is 7.83. The van der Waals surface area contributed by atoms with Crippen molar-refractivity contribution in [3.63, 3.8) is 0 Å². The molecule has 0 aromatic carbocycles. The summed E-state index contributed by atoms with van der Waals surface area (Å²) in [5.74, 6) is 1.41. The molecule has 2 unspecified atom stereocenters. The number of rotatable bonds is 3. The molecule has 1 fully saturated rings. The maximum Gasteiger partial charge on any atom is 0.152 e. The monoisotopic (exact) mass is 260 g/mol. The van der Waals surface area contributed by atoms with Crippen molar-refractivity contribution in [3.05, 3.63) is 30.1 Å². The Hall–Kier alpha value is -1.59. The van der Waals surface area contributed by atoms with Gasteiger partial charge >= 0.3 is 0 Å². The fourth-order valence-corrected chi connectivity index (χ4v) is 3.00. The zero-order valence-corrected chi connectivity index (χ0v) is 11.2. The van der Waals surface area contributed by atoms with Crippen LogP contribution in [-0.2, 0) is 6.54 Å². The largest absolute Gasteiger partial charge is 0.394 e. The van der Waals surface area contributed by atoms with E-state index in [1.54, 1.807) is 0 Å². The van der Waals surface area contributed by atoms with E-state index >= 15 is 0 Å². The summed E-state index contributed by atoms with van der Waals surface area (Å²) in [5, 5.41) is 9.60. The molecule has 5 heteroatoms. The van der Waals surface area contributed by atoms with Crippen LogP contribution in [0.1, 0.15) is 19.0 Å². The predicted molar refractivity (Wildman–Crippen MR) is 75.1 cm³/mol. The number of nitrogens with zero attached hydrogens (tertiary/aromatic N) is 3. The predicted octanol–water partition coefficient (Wildman–Crippen LogP) is 1.00. The first-order valence-electron chi connectivity index (χ1n) is 6.79. The van der Waals surface area contributed by atoms with Gasteiger partial charge in [-0.1, -0.05) is 13.0 Å². The first-order valence-corrected chi connectivity index (χ1v) is 6.79. The van der Waals surface area contributed by atoms with Crippen LogP contribution in [-0.4, -0.2) is 33.7 Å². The molecule has 0 saturated carbocycles. The number of aromatic nitrogens is 2. The van der Waals surface area contributed by atoms with Gasteiger partial charge in [-0.25, -0.2) is 4.98 Å². The number of hydrogen-bond donors (Lipinski definition) is 2. The molecule has 0 aliphatic carbocycles. The van der Waals surface area contributed by atoms with Crippen molar-refractivity contribution in [2.45, 2.75) is 25.9 Å². The number of anilines is 1. The Morgan fingerprint density at radius 3 is 3.05 bits per heavy atom. The molecule has 0 amide bonds. The van der Waals surface area contributed by atoms with Crippen molar-refractivity contribution in [1.29, 1.82) is 0 Å². The third kappa shape index (κ3) is 1.89. The average molecular weight is 260 g/mol. The highest BCUT2D eigenvalue weighted by atomic mass is 16.3. The number of nitrogens with two attached hydrogens (primary N) is 1. The van der Waals surface area contributed by atoms with Crippen LogP contribution < -0.4 is 10.6 Å². The van der Waals surface area contributed by atoms with E-state index in [1.807, 2.05) is 28.8 Å². The second-order valence-electron chi connectivity index (χ2n) is 5.22. The van der Waals surface area contributed by atoms with Gasteiger partial charge in [0.15, 0.2) is 5.82 Å². The molecule has 0 bridgehead atoms. The average Bonchev–Trinajstić information content (AvgIpc) is 2.98. The highest BCUT2D eigenvalue weighted by Gasteiger charge is 2.33. The van der Waals surface area contributed by atoms with Gasteiger partial charge in [0.1, 0.15) is 5.65 Å². The molecule has 2 atom stereocenters. The molecular formula is C14H20N4O. The van der Waals surface area contributed by atoms with Crippen LogP contribution >= 0.6 is 0 Å². The van der Waals surface area contributed by atoms with E-state index in [9.17, 15) is 5.11 Å². The SMILES string of the molecule is CC1CCN(c2nc3ccccn3c2CN)C1CO. The van der Waals surface area contributed by atoms with Gasteiger partial charge in [-0.05, 0) is 24.5 Å². The summed E-state index contributed by atoms with van der Waals surface area (Å²) in [7, 11) is 0. The molecule has 2 aromatic heterocycles. The third-order valence-corrected chi connectivity index (χ3v) is 4.14. The van der Waals surface area contributed by atoms with Crippen LogP contribution in [0.2, 0.25) is 0 Å². The lowest BCUT2D eigenvalue weighted by Gasteiger charge is -2.26. The van der Waals surface area contributed by atoms with Crippen molar-refractivity contribution >= 4 is 11.5 Å². The van der Waals surface area contributed by atoms with Gasteiger partial charge in [0, 0.05) is 19.3 Å². The second kappa shape index (κ2) is 4.83. The Morgan fingerprint density at radius 1 is 1.47 bits per heavy atom. The molecule has 5 nitrogen and oxygen atoms in total. The number of aliphatic hydroxyl groups is 1. The van der Waals surface area contributed by atoms with Gasteiger partial charge in [-0.3, -0.25) is 0 Å². The molecule has 0 radical (unpaired) electrons. The second-order valence-corrected chi connectivity index (χ2v) is 5.22. The van der Waals surface area contributed by atoms with Crippen molar-refractivity contribution < 1.29 is 5.11 Å². The quantitative estimate of drug-likeness (QED) is 0.864. The molecule has 3 rings (SSSR count). The molecule has 1 aliphatic heterocycles. The zero-order valence-electron chi connectivity index (χ0n) is 11.2. The van der Waals surface area contributed by atoms with E-state index in [2.05, 4.69) is 11.8 Å². The molecule has 1 saturated heterocycles. The summed E-state index contributed by atoms with van der Waals surface area (Å²) in [6.45, 7) is 3.73. The minimum absolute atomic E-state index is 0.148. The molecule has 1 aliphatic rings. The standard InChI is InChI=1S/C14H20N4O/c1-10-5-7-18(12(10)9-19)14-11(8-15)17-6-3-2-4-13(17)16-14/h2-4,6,10,12,19H,5,7-9,15H2,1H3. The topological polar surface area (TPSA) is 66.8 Å². The first-order chi connectivity index (χ1) is 9.26. The maximum atomic E-state index is 9.60. The van der Waals surface area contributed by atoms with E-state index in [4.69, 9.17) is 10.7 Å². The van der Waals surface area contributed by atoms with Crippen LogP contribution in [0.25, 0.3) is 5.65 Å². The number of aliphatic hydroxyl groups excluding tert-OH is 1. The molecule has 3 N–H and O–H groups in total. The summed E-state index contributed by atoms with van der Waals surface area (Å²) in [6.07, 6.45) is 3.07. The lowest BCUT2D eigenvalue weighted by Crippen LogP contribution is -2.36. The minimum Gasteiger partial charge on any atom is -0.394 e. The smallest absolute Gasteiger partial charge is 0.152 e. The minimum atomic E-state index is 0.148. The maximum absolute atomic E-state index is 9.60. The van der Waals surface area contributed by atoms with Gasteiger partial charge in [0.2, 0.25) is 0 Å². The van der Waals surface area contributed by atoms with Gasteiger partial charge in [-0.2, -0.15) is 0 Å².